The highest BCUT2D eigenvalue weighted by molar-refractivity contribution is 5.69. The van der Waals surface area contributed by atoms with E-state index in [0.29, 0.717) is 24.2 Å². The fraction of sp³-hybridized carbons (Fsp3) is 0.500. The summed E-state index contributed by atoms with van der Waals surface area (Å²) in [6.45, 7) is 4.82. The van der Waals surface area contributed by atoms with Gasteiger partial charge in [0, 0.05) is 13.1 Å². The molecule has 4 heteroatoms. The Morgan fingerprint density at radius 2 is 2.19 bits per heavy atom. The van der Waals surface area contributed by atoms with Crippen LogP contribution in [0.5, 0.6) is 0 Å². The molecular weight excluding hydrogens is 207 g/mol. The standard InChI is InChI=1S/C12H17FN2O/c1-8-5-11(10(14)6-9(8)13)15-4-3-12(2,16)7-15/h5-6,16H,3-4,7,14H2,1-2H3. The topological polar surface area (TPSA) is 49.5 Å². The molecule has 1 atom stereocenters. The van der Waals surface area contributed by atoms with Gasteiger partial charge in [-0.1, -0.05) is 0 Å². The number of β-amino-alcohol motifs (C(OH)–C–C–N with tert-alkyl or cyclic N) is 1. The van der Waals surface area contributed by atoms with Crippen LogP contribution in [0.4, 0.5) is 15.8 Å². The van der Waals surface area contributed by atoms with E-state index in [1.807, 2.05) is 4.90 Å². The van der Waals surface area contributed by atoms with Gasteiger partial charge in [-0.2, -0.15) is 0 Å². The molecule has 1 heterocycles. The van der Waals surface area contributed by atoms with Gasteiger partial charge in [0.2, 0.25) is 0 Å². The van der Waals surface area contributed by atoms with Gasteiger partial charge in [-0.15, -0.1) is 0 Å². The molecule has 88 valence electrons. The maximum atomic E-state index is 13.3. The summed E-state index contributed by atoms with van der Waals surface area (Å²) in [5.41, 5.74) is 6.95. The van der Waals surface area contributed by atoms with Crippen molar-refractivity contribution in [2.24, 2.45) is 0 Å². The normalized spacial score (nSPS) is 25.1. The Morgan fingerprint density at radius 1 is 1.50 bits per heavy atom. The summed E-state index contributed by atoms with van der Waals surface area (Å²) >= 11 is 0. The van der Waals surface area contributed by atoms with Gasteiger partial charge in [0.05, 0.1) is 17.0 Å². The molecule has 1 aliphatic heterocycles. The molecule has 0 aliphatic carbocycles. The van der Waals surface area contributed by atoms with Crippen LogP contribution in [0, 0.1) is 12.7 Å². The zero-order valence-electron chi connectivity index (χ0n) is 9.63. The Morgan fingerprint density at radius 3 is 2.75 bits per heavy atom. The van der Waals surface area contributed by atoms with E-state index in [0.717, 1.165) is 12.2 Å². The van der Waals surface area contributed by atoms with Crippen molar-refractivity contribution in [1.29, 1.82) is 0 Å². The molecule has 1 aromatic rings. The molecule has 1 aromatic carbocycles. The Hall–Kier alpha value is -1.29. The summed E-state index contributed by atoms with van der Waals surface area (Å²) in [5, 5.41) is 9.88. The average molecular weight is 224 g/mol. The lowest BCUT2D eigenvalue weighted by atomic mass is 10.1. The van der Waals surface area contributed by atoms with Crippen molar-refractivity contribution in [3.63, 3.8) is 0 Å². The highest BCUT2D eigenvalue weighted by Crippen LogP contribution is 2.32. The first-order valence-electron chi connectivity index (χ1n) is 5.42. The van der Waals surface area contributed by atoms with E-state index in [2.05, 4.69) is 0 Å². The molecule has 2 rings (SSSR count). The van der Waals surface area contributed by atoms with Gasteiger partial charge in [0.15, 0.2) is 0 Å². The van der Waals surface area contributed by atoms with Crippen LogP contribution in [0.1, 0.15) is 18.9 Å². The predicted molar refractivity (Wildman–Crippen MR) is 63.0 cm³/mol. The van der Waals surface area contributed by atoms with Gasteiger partial charge in [-0.05, 0) is 38.0 Å². The number of hydrogen-bond donors (Lipinski definition) is 2. The van der Waals surface area contributed by atoms with Crippen molar-refractivity contribution in [2.75, 3.05) is 23.7 Å². The fourth-order valence-electron chi connectivity index (χ4n) is 2.11. The average Bonchev–Trinajstić information content (AvgIpc) is 2.52. The predicted octanol–water partition coefficient (Wildman–Crippen LogP) is 1.68. The molecule has 0 amide bonds. The van der Waals surface area contributed by atoms with Crippen molar-refractivity contribution in [3.8, 4) is 0 Å². The van der Waals surface area contributed by atoms with E-state index in [4.69, 9.17) is 5.73 Å². The molecule has 0 spiro atoms. The highest BCUT2D eigenvalue weighted by Gasteiger charge is 2.32. The number of nitrogens with two attached hydrogens (primary N) is 1. The van der Waals surface area contributed by atoms with Gasteiger partial charge in [-0.25, -0.2) is 4.39 Å². The number of halogens is 1. The number of anilines is 2. The molecule has 1 fully saturated rings. The molecule has 0 saturated carbocycles. The number of rotatable bonds is 1. The summed E-state index contributed by atoms with van der Waals surface area (Å²) in [6, 6.07) is 3.09. The summed E-state index contributed by atoms with van der Waals surface area (Å²) in [6.07, 6.45) is 0.711. The van der Waals surface area contributed by atoms with Gasteiger partial charge >= 0.3 is 0 Å². The van der Waals surface area contributed by atoms with E-state index in [-0.39, 0.29) is 5.82 Å². The van der Waals surface area contributed by atoms with Crippen molar-refractivity contribution in [1.82, 2.24) is 0 Å². The minimum atomic E-state index is -0.672. The number of aliphatic hydroxyl groups is 1. The molecule has 1 aliphatic rings. The Balaban J connectivity index is 2.32. The van der Waals surface area contributed by atoms with Crippen LogP contribution in [0.3, 0.4) is 0 Å². The summed E-state index contributed by atoms with van der Waals surface area (Å²) in [5.74, 6) is -0.285. The minimum absolute atomic E-state index is 0.285. The lowest BCUT2D eigenvalue weighted by Gasteiger charge is -2.22. The van der Waals surface area contributed by atoms with Crippen LogP contribution in [-0.2, 0) is 0 Å². The maximum Gasteiger partial charge on any atom is 0.128 e. The van der Waals surface area contributed by atoms with E-state index in [1.165, 1.54) is 6.07 Å². The molecule has 0 aromatic heterocycles. The first-order valence-corrected chi connectivity index (χ1v) is 5.42. The molecule has 16 heavy (non-hydrogen) atoms. The zero-order valence-corrected chi connectivity index (χ0v) is 9.63. The van der Waals surface area contributed by atoms with E-state index < -0.39 is 5.60 Å². The maximum absolute atomic E-state index is 13.3. The van der Waals surface area contributed by atoms with Crippen LogP contribution in [0.15, 0.2) is 12.1 Å². The van der Waals surface area contributed by atoms with Crippen LogP contribution < -0.4 is 10.6 Å². The number of benzene rings is 1. The second-order valence-electron chi connectivity index (χ2n) is 4.83. The summed E-state index contributed by atoms with van der Waals surface area (Å²) in [7, 11) is 0. The number of nitrogen functional groups attached to an aromatic ring is 1. The molecule has 3 nitrogen and oxygen atoms in total. The second-order valence-corrected chi connectivity index (χ2v) is 4.83. The van der Waals surface area contributed by atoms with Crippen molar-refractivity contribution >= 4 is 11.4 Å². The first-order chi connectivity index (χ1) is 7.39. The van der Waals surface area contributed by atoms with Gasteiger partial charge in [0.1, 0.15) is 5.82 Å². The van der Waals surface area contributed by atoms with Crippen molar-refractivity contribution in [2.45, 2.75) is 25.9 Å². The minimum Gasteiger partial charge on any atom is -0.397 e. The van der Waals surface area contributed by atoms with Gasteiger partial charge in [0.25, 0.3) is 0 Å². The van der Waals surface area contributed by atoms with Crippen molar-refractivity contribution in [3.05, 3.63) is 23.5 Å². The number of nitrogens with zero attached hydrogens (tertiary/aromatic N) is 1. The molecular formula is C12H17FN2O. The Bertz CT molecular complexity index is 418. The number of aryl methyl sites for hydroxylation is 1. The Labute approximate surface area is 94.7 Å². The van der Waals surface area contributed by atoms with E-state index >= 15 is 0 Å². The lowest BCUT2D eigenvalue weighted by Crippen LogP contribution is -2.30. The summed E-state index contributed by atoms with van der Waals surface area (Å²) in [4.78, 5) is 2.00. The molecule has 1 saturated heterocycles. The molecule has 3 N–H and O–H groups in total. The molecule has 1 unspecified atom stereocenters. The summed E-state index contributed by atoms with van der Waals surface area (Å²) < 4.78 is 13.3. The van der Waals surface area contributed by atoms with Crippen LogP contribution >= 0.6 is 0 Å². The van der Waals surface area contributed by atoms with Gasteiger partial charge < -0.3 is 15.7 Å². The Kier molecular flexibility index (Phi) is 2.54. The van der Waals surface area contributed by atoms with Crippen LogP contribution in [-0.4, -0.2) is 23.8 Å². The first kappa shape index (κ1) is 11.2. The lowest BCUT2D eigenvalue weighted by molar-refractivity contribution is 0.0839. The van der Waals surface area contributed by atoms with Crippen molar-refractivity contribution < 1.29 is 9.50 Å². The van der Waals surface area contributed by atoms with E-state index in [1.54, 1.807) is 19.9 Å². The third-order valence-corrected chi connectivity index (χ3v) is 3.10. The van der Waals surface area contributed by atoms with Gasteiger partial charge in [-0.3, -0.25) is 0 Å². The highest BCUT2D eigenvalue weighted by atomic mass is 19.1. The fourth-order valence-corrected chi connectivity index (χ4v) is 2.11. The zero-order chi connectivity index (χ0) is 11.9. The quantitative estimate of drug-likeness (QED) is 0.713. The van der Waals surface area contributed by atoms with Crippen LogP contribution in [0.25, 0.3) is 0 Å². The monoisotopic (exact) mass is 224 g/mol. The van der Waals surface area contributed by atoms with Crippen LogP contribution in [0.2, 0.25) is 0 Å². The molecule has 0 radical (unpaired) electrons. The molecule has 0 bridgehead atoms. The van der Waals surface area contributed by atoms with E-state index in [9.17, 15) is 9.50 Å². The number of hydrogen-bond acceptors (Lipinski definition) is 3. The third-order valence-electron chi connectivity index (χ3n) is 3.10. The smallest absolute Gasteiger partial charge is 0.128 e. The third kappa shape index (κ3) is 1.97. The second kappa shape index (κ2) is 3.63. The SMILES string of the molecule is Cc1cc(N2CCC(C)(O)C2)c(N)cc1F. The largest absolute Gasteiger partial charge is 0.397 e.